The number of nitrogens with one attached hydrogen (secondary N) is 1. The molecule has 0 aliphatic carbocycles. The predicted molar refractivity (Wildman–Crippen MR) is 132 cm³/mol. The van der Waals surface area contributed by atoms with Crippen molar-refractivity contribution in [1.29, 1.82) is 0 Å². The van der Waals surface area contributed by atoms with Gasteiger partial charge in [0.1, 0.15) is 11.4 Å². The highest BCUT2D eigenvalue weighted by Crippen LogP contribution is 2.42. The molecule has 0 atom stereocenters. The zero-order valence-corrected chi connectivity index (χ0v) is 18.7. The van der Waals surface area contributed by atoms with E-state index in [2.05, 4.69) is 46.7 Å². The van der Waals surface area contributed by atoms with Crippen LogP contribution in [0.25, 0.3) is 10.9 Å². The van der Waals surface area contributed by atoms with Crippen molar-refractivity contribution in [2.75, 3.05) is 5.32 Å². The second-order valence-electron chi connectivity index (χ2n) is 8.09. The lowest BCUT2D eigenvalue weighted by Crippen LogP contribution is -2.38. The topological polar surface area (TPSA) is 80.0 Å². The van der Waals surface area contributed by atoms with Crippen LogP contribution in [0.4, 0.5) is 5.82 Å². The summed E-state index contributed by atoms with van der Waals surface area (Å²) in [4.78, 5) is 16.1. The number of anilines is 1. The second-order valence-corrected chi connectivity index (χ2v) is 8.09. The third kappa shape index (κ3) is 3.54. The highest BCUT2D eigenvalue weighted by atomic mass is 16.3. The minimum atomic E-state index is -0.843. The lowest BCUT2D eigenvalue weighted by molar-refractivity contribution is -0.114. The summed E-state index contributed by atoms with van der Waals surface area (Å²) in [5.41, 5.74) is 3.46. The number of aliphatic hydroxyl groups is 1. The number of nitrogens with zero attached hydrogens (tertiary/aromatic N) is 3. The number of aliphatic hydroxyl groups excluding tert-OH is 1. The number of benzene rings is 3. The maximum absolute atomic E-state index is 11.7. The van der Waals surface area contributed by atoms with Crippen molar-refractivity contribution < 1.29 is 9.90 Å². The SMILES string of the molecule is CC(=O)Nc1cc2c(cn1)c(CO)nn2C(c1ccccc1)(c1ccccc1)c1ccccc1. The summed E-state index contributed by atoms with van der Waals surface area (Å²) in [6, 6.07) is 32.4. The van der Waals surface area contributed by atoms with Gasteiger partial charge in [-0.2, -0.15) is 5.10 Å². The molecular formula is C28H24N4O2. The molecule has 3 aromatic carbocycles. The minimum absolute atomic E-state index is 0.208. The van der Waals surface area contributed by atoms with Gasteiger partial charge in [0.2, 0.25) is 5.91 Å². The molecule has 2 aromatic heterocycles. The molecule has 6 nitrogen and oxygen atoms in total. The number of aromatic nitrogens is 3. The molecule has 5 aromatic rings. The number of pyridine rings is 1. The van der Waals surface area contributed by atoms with Gasteiger partial charge in [-0.05, 0) is 16.7 Å². The van der Waals surface area contributed by atoms with E-state index < -0.39 is 5.54 Å². The van der Waals surface area contributed by atoms with Gasteiger partial charge in [-0.15, -0.1) is 0 Å². The smallest absolute Gasteiger partial charge is 0.222 e. The number of hydrogen-bond donors (Lipinski definition) is 2. The first-order valence-electron chi connectivity index (χ1n) is 11.1. The van der Waals surface area contributed by atoms with Gasteiger partial charge in [-0.3, -0.25) is 4.79 Å². The van der Waals surface area contributed by atoms with Crippen molar-refractivity contribution in [3.05, 3.63) is 126 Å². The molecule has 0 aliphatic rings. The number of hydrogen-bond acceptors (Lipinski definition) is 4. The molecular weight excluding hydrogens is 424 g/mol. The Balaban J connectivity index is 1.95. The van der Waals surface area contributed by atoms with Crippen molar-refractivity contribution >= 4 is 22.6 Å². The first-order valence-corrected chi connectivity index (χ1v) is 11.1. The van der Waals surface area contributed by atoms with Crippen LogP contribution in [0.5, 0.6) is 0 Å². The standard InChI is InChI=1S/C28H24N4O2/c1-20(34)30-27-17-26-24(18-29-27)25(19-33)31-32(26)28(21-11-5-2-6-12-21,22-13-7-3-8-14-22)23-15-9-4-10-16-23/h2-18,33H,19H2,1H3,(H,29,30,34). The number of carbonyl (C=O) groups is 1. The molecule has 0 spiro atoms. The lowest BCUT2D eigenvalue weighted by atomic mass is 9.77. The third-order valence-corrected chi connectivity index (χ3v) is 5.99. The number of carbonyl (C=O) groups excluding carboxylic acids is 1. The van der Waals surface area contributed by atoms with Crippen LogP contribution in [-0.2, 0) is 16.9 Å². The van der Waals surface area contributed by atoms with E-state index in [1.165, 1.54) is 6.92 Å². The summed E-state index contributed by atoms with van der Waals surface area (Å²) in [6.07, 6.45) is 1.65. The van der Waals surface area contributed by atoms with E-state index in [1.54, 1.807) is 6.20 Å². The molecule has 0 bridgehead atoms. The molecule has 0 radical (unpaired) electrons. The fourth-order valence-electron chi connectivity index (χ4n) is 4.60. The predicted octanol–water partition coefficient (Wildman–Crippen LogP) is 4.72. The molecule has 5 rings (SSSR count). The van der Waals surface area contributed by atoms with Crippen molar-refractivity contribution in [1.82, 2.24) is 14.8 Å². The van der Waals surface area contributed by atoms with Gasteiger partial charge in [0, 0.05) is 24.6 Å². The minimum Gasteiger partial charge on any atom is -0.390 e. The fourth-order valence-corrected chi connectivity index (χ4v) is 4.60. The fraction of sp³-hybridized carbons (Fsp3) is 0.107. The van der Waals surface area contributed by atoms with Gasteiger partial charge in [0.15, 0.2) is 0 Å². The Morgan fingerprint density at radius 2 is 1.38 bits per heavy atom. The molecule has 34 heavy (non-hydrogen) atoms. The Bertz CT molecular complexity index is 1330. The van der Waals surface area contributed by atoms with Crippen LogP contribution in [0, 0.1) is 0 Å². The number of rotatable bonds is 6. The highest BCUT2D eigenvalue weighted by Gasteiger charge is 2.40. The summed E-state index contributed by atoms with van der Waals surface area (Å²) in [5, 5.41) is 18.6. The molecule has 0 saturated heterocycles. The molecule has 0 unspecified atom stereocenters. The molecule has 0 fully saturated rings. The van der Waals surface area contributed by atoms with E-state index in [0.717, 1.165) is 27.6 Å². The Morgan fingerprint density at radius 3 is 1.82 bits per heavy atom. The quantitative estimate of drug-likeness (QED) is 0.368. The monoisotopic (exact) mass is 448 g/mol. The first kappa shape index (κ1) is 21.6. The summed E-state index contributed by atoms with van der Waals surface area (Å²) in [6.45, 7) is 1.21. The number of amides is 1. The van der Waals surface area contributed by atoms with E-state index in [4.69, 9.17) is 5.10 Å². The highest BCUT2D eigenvalue weighted by molar-refractivity contribution is 5.91. The zero-order valence-electron chi connectivity index (χ0n) is 18.7. The molecule has 0 saturated carbocycles. The van der Waals surface area contributed by atoms with Crippen LogP contribution >= 0.6 is 0 Å². The van der Waals surface area contributed by atoms with Crippen molar-refractivity contribution in [3.8, 4) is 0 Å². The van der Waals surface area contributed by atoms with Crippen LogP contribution in [0.2, 0.25) is 0 Å². The average molecular weight is 449 g/mol. The Kier molecular flexibility index (Phi) is 5.65. The summed E-state index contributed by atoms with van der Waals surface area (Å²) >= 11 is 0. The van der Waals surface area contributed by atoms with Crippen LogP contribution < -0.4 is 5.32 Å². The molecule has 0 aliphatic heterocycles. The molecule has 1 amide bonds. The molecule has 168 valence electrons. The number of fused-ring (bicyclic) bond motifs is 1. The van der Waals surface area contributed by atoms with Crippen LogP contribution in [-0.4, -0.2) is 25.8 Å². The van der Waals surface area contributed by atoms with Gasteiger partial charge in [0.05, 0.1) is 17.8 Å². The van der Waals surface area contributed by atoms with E-state index in [-0.39, 0.29) is 12.5 Å². The van der Waals surface area contributed by atoms with Gasteiger partial charge in [-0.25, -0.2) is 9.67 Å². The van der Waals surface area contributed by atoms with Crippen LogP contribution in [0.15, 0.2) is 103 Å². The summed E-state index contributed by atoms with van der Waals surface area (Å²) in [5.74, 6) is 0.217. The molecule has 6 heteroatoms. The normalized spacial score (nSPS) is 11.5. The van der Waals surface area contributed by atoms with E-state index in [0.29, 0.717) is 11.5 Å². The van der Waals surface area contributed by atoms with Crippen molar-refractivity contribution in [3.63, 3.8) is 0 Å². The van der Waals surface area contributed by atoms with Gasteiger partial charge in [0.25, 0.3) is 0 Å². The van der Waals surface area contributed by atoms with E-state index in [1.807, 2.05) is 65.3 Å². The van der Waals surface area contributed by atoms with Crippen LogP contribution in [0.1, 0.15) is 29.3 Å². The Hall–Kier alpha value is -4.29. The maximum Gasteiger partial charge on any atom is 0.222 e. The third-order valence-electron chi connectivity index (χ3n) is 5.99. The zero-order chi connectivity index (χ0) is 23.5. The van der Waals surface area contributed by atoms with E-state index >= 15 is 0 Å². The largest absolute Gasteiger partial charge is 0.390 e. The summed E-state index contributed by atoms with van der Waals surface area (Å²) < 4.78 is 1.95. The Labute approximate surface area is 197 Å². The van der Waals surface area contributed by atoms with Gasteiger partial charge in [-0.1, -0.05) is 91.0 Å². The molecule has 2 heterocycles. The Morgan fingerprint density at radius 1 is 0.882 bits per heavy atom. The van der Waals surface area contributed by atoms with Gasteiger partial charge >= 0.3 is 0 Å². The van der Waals surface area contributed by atoms with Crippen molar-refractivity contribution in [2.24, 2.45) is 0 Å². The second kappa shape index (κ2) is 8.92. The van der Waals surface area contributed by atoms with E-state index in [9.17, 15) is 9.90 Å². The average Bonchev–Trinajstić information content (AvgIpc) is 3.24. The van der Waals surface area contributed by atoms with Crippen LogP contribution in [0.3, 0.4) is 0 Å². The van der Waals surface area contributed by atoms with Gasteiger partial charge < -0.3 is 10.4 Å². The molecule has 2 N–H and O–H groups in total. The van der Waals surface area contributed by atoms with Crippen molar-refractivity contribution in [2.45, 2.75) is 19.1 Å². The maximum atomic E-state index is 11.7. The summed E-state index contributed by atoms with van der Waals surface area (Å²) in [7, 11) is 0. The first-order chi connectivity index (χ1) is 16.6. The lowest BCUT2D eigenvalue weighted by Gasteiger charge is -2.37.